The fourth-order valence-electron chi connectivity index (χ4n) is 2.14. The molecule has 1 aliphatic rings. The Morgan fingerprint density at radius 3 is 2.93 bits per heavy atom. The van der Waals surface area contributed by atoms with Crippen molar-refractivity contribution < 1.29 is 4.79 Å². The molecule has 1 fully saturated rings. The molecular formula is C11H22N2O. The lowest BCUT2D eigenvalue weighted by atomic mass is 10.1. The van der Waals surface area contributed by atoms with Crippen LogP contribution in [0.1, 0.15) is 39.5 Å². The summed E-state index contributed by atoms with van der Waals surface area (Å²) in [4.78, 5) is 13.4. The van der Waals surface area contributed by atoms with Gasteiger partial charge in [0.1, 0.15) is 0 Å². The van der Waals surface area contributed by atoms with E-state index in [1.165, 1.54) is 25.8 Å². The number of carbonyl (C=O) groups is 1. The Hall–Kier alpha value is -0.570. The summed E-state index contributed by atoms with van der Waals surface area (Å²) >= 11 is 0. The maximum atomic E-state index is 11.0. The van der Waals surface area contributed by atoms with Crippen molar-refractivity contribution in [3.8, 4) is 0 Å². The van der Waals surface area contributed by atoms with Gasteiger partial charge in [-0.2, -0.15) is 0 Å². The molecule has 1 saturated heterocycles. The molecule has 0 saturated carbocycles. The summed E-state index contributed by atoms with van der Waals surface area (Å²) in [5, 5.41) is 3.03. The number of hydrogen-bond donors (Lipinski definition) is 1. The number of likely N-dealkylation sites (tertiary alicyclic amines) is 1. The van der Waals surface area contributed by atoms with Crippen LogP contribution < -0.4 is 5.32 Å². The van der Waals surface area contributed by atoms with E-state index in [1.54, 1.807) is 6.92 Å². The summed E-state index contributed by atoms with van der Waals surface area (Å²) in [6.07, 6.45) is 4.85. The van der Waals surface area contributed by atoms with Crippen molar-refractivity contribution in [2.75, 3.05) is 19.6 Å². The van der Waals surface area contributed by atoms with Crippen molar-refractivity contribution in [1.29, 1.82) is 0 Å². The van der Waals surface area contributed by atoms with Crippen LogP contribution in [0.4, 0.5) is 0 Å². The average Bonchev–Trinajstić information content (AvgIpc) is 2.30. The lowest BCUT2D eigenvalue weighted by molar-refractivity contribution is -0.119. The molecule has 1 unspecified atom stereocenters. The zero-order valence-electron chi connectivity index (χ0n) is 9.38. The maximum absolute atomic E-state index is 11.0. The van der Waals surface area contributed by atoms with E-state index < -0.39 is 0 Å². The molecule has 1 heterocycles. The predicted octanol–water partition coefficient (Wildman–Crippen LogP) is 1.39. The minimum Gasteiger partial charge on any atom is -0.352 e. The lowest BCUT2D eigenvalue weighted by Crippen LogP contribution is -2.41. The minimum atomic E-state index is 0.105. The van der Waals surface area contributed by atoms with Crippen LogP contribution in [-0.4, -0.2) is 36.5 Å². The highest BCUT2D eigenvalue weighted by atomic mass is 16.1. The first-order valence-corrected chi connectivity index (χ1v) is 5.72. The molecule has 0 aliphatic carbocycles. The normalized spacial score (nSPS) is 24.3. The van der Waals surface area contributed by atoms with Gasteiger partial charge in [-0.15, -0.1) is 0 Å². The predicted molar refractivity (Wildman–Crippen MR) is 58.2 cm³/mol. The number of hydrogen-bond acceptors (Lipinski definition) is 2. The summed E-state index contributed by atoms with van der Waals surface area (Å²) in [5.41, 5.74) is 0. The third-order valence-corrected chi connectivity index (χ3v) is 2.70. The van der Waals surface area contributed by atoms with Crippen LogP contribution in [0.25, 0.3) is 0 Å². The average molecular weight is 198 g/mol. The molecule has 0 aromatic rings. The van der Waals surface area contributed by atoms with E-state index >= 15 is 0 Å². The molecule has 0 bridgehead atoms. The standard InChI is InChI=1S/C11H22N2O/c1-3-7-13-8-5-4-6-11(9-13)12-10(2)14/h11H,3-9H2,1-2H3,(H,12,14). The van der Waals surface area contributed by atoms with Crippen LogP contribution in [0.5, 0.6) is 0 Å². The first kappa shape index (κ1) is 11.5. The third-order valence-electron chi connectivity index (χ3n) is 2.70. The van der Waals surface area contributed by atoms with Gasteiger partial charge in [0.2, 0.25) is 5.91 Å². The van der Waals surface area contributed by atoms with Gasteiger partial charge in [-0.05, 0) is 32.4 Å². The van der Waals surface area contributed by atoms with Crippen LogP contribution in [0.2, 0.25) is 0 Å². The molecule has 1 N–H and O–H groups in total. The summed E-state index contributed by atoms with van der Waals surface area (Å²) < 4.78 is 0. The number of nitrogens with zero attached hydrogens (tertiary/aromatic N) is 1. The molecule has 1 atom stereocenters. The van der Waals surface area contributed by atoms with Crippen LogP contribution in [0, 0.1) is 0 Å². The van der Waals surface area contributed by atoms with E-state index in [1.807, 2.05) is 0 Å². The second-order valence-corrected chi connectivity index (χ2v) is 4.19. The second kappa shape index (κ2) is 6.02. The topological polar surface area (TPSA) is 32.3 Å². The molecule has 1 amide bonds. The van der Waals surface area contributed by atoms with Gasteiger partial charge < -0.3 is 10.2 Å². The zero-order valence-corrected chi connectivity index (χ0v) is 9.38. The fourth-order valence-corrected chi connectivity index (χ4v) is 2.14. The number of nitrogens with one attached hydrogen (secondary N) is 1. The third kappa shape index (κ3) is 4.09. The Labute approximate surface area is 86.9 Å². The Morgan fingerprint density at radius 1 is 1.50 bits per heavy atom. The minimum absolute atomic E-state index is 0.105. The molecule has 3 nitrogen and oxygen atoms in total. The smallest absolute Gasteiger partial charge is 0.217 e. The van der Waals surface area contributed by atoms with E-state index in [0.717, 1.165) is 19.5 Å². The SMILES string of the molecule is CCCN1CCCCC(NC(C)=O)C1. The first-order chi connectivity index (χ1) is 6.72. The van der Waals surface area contributed by atoms with Crippen molar-refractivity contribution in [1.82, 2.24) is 10.2 Å². The van der Waals surface area contributed by atoms with Crippen LogP contribution in [0.3, 0.4) is 0 Å². The van der Waals surface area contributed by atoms with E-state index in [2.05, 4.69) is 17.1 Å². The Bertz CT molecular complexity index is 182. The Morgan fingerprint density at radius 2 is 2.29 bits per heavy atom. The second-order valence-electron chi connectivity index (χ2n) is 4.19. The van der Waals surface area contributed by atoms with E-state index in [-0.39, 0.29) is 5.91 Å². The molecule has 1 rings (SSSR count). The van der Waals surface area contributed by atoms with Crippen molar-refractivity contribution in [2.45, 2.75) is 45.6 Å². The van der Waals surface area contributed by atoms with E-state index in [0.29, 0.717) is 6.04 Å². The lowest BCUT2D eigenvalue weighted by Gasteiger charge is -2.23. The highest BCUT2D eigenvalue weighted by molar-refractivity contribution is 5.73. The van der Waals surface area contributed by atoms with Crippen molar-refractivity contribution in [3.63, 3.8) is 0 Å². The van der Waals surface area contributed by atoms with E-state index in [9.17, 15) is 4.79 Å². The van der Waals surface area contributed by atoms with Crippen molar-refractivity contribution >= 4 is 5.91 Å². The molecule has 3 heteroatoms. The monoisotopic (exact) mass is 198 g/mol. The van der Waals surface area contributed by atoms with Gasteiger partial charge in [0.15, 0.2) is 0 Å². The summed E-state index contributed by atoms with van der Waals surface area (Å²) in [7, 11) is 0. The Kier molecular flexibility index (Phi) is 4.94. The highest BCUT2D eigenvalue weighted by Gasteiger charge is 2.17. The van der Waals surface area contributed by atoms with Gasteiger partial charge in [-0.25, -0.2) is 0 Å². The fraction of sp³-hybridized carbons (Fsp3) is 0.909. The van der Waals surface area contributed by atoms with Crippen LogP contribution >= 0.6 is 0 Å². The number of amides is 1. The number of rotatable bonds is 3. The molecule has 0 radical (unpaired) electrons. The van der Waals surface area contributed by atoms with Gasteiger partial charge in [-0.3, -0.25) is 4.79 Å². The van der Waals surface area contributed by atoms with E-state index in [4.69, 9.17) is 0 Å². The quantitative estimate of drug-likeness (QED) is 0.743. The molecule has 1 aliphatic heterocycles. The molecule has 14 heavy (non-hydrogen) atoms. The molecule has 0 spiro atoms. The van der Waals surface area contributed by atoms with Crippen molar-refractivity contribution in [3.05, 3.63) is 0 Å². The van der Waals surface area contributed by atoms with Gasteiger partial charge in [0, 0.05) is 19.5 Å². The van der Waals surface area contributed by atoms with Gasteiger partial charge in [-0.1, -0.05) is 13.3 Å². The molecule has 0 aromatic carbocycles. The van der Waals surface area contributed by atoms with Crippen LogP contribution in [0.15, 0.2) is 0 Å². The van der Waals surface area contributed by atoms with Crippen LogP contribution in [-0.2, 0) is 4.79 Å². The maximum Gasteiger partial charge on any atom is 0.217 e. The van der Waals surface area contributed by atoms with Gasteiger partial charge in [0.25, 0.3) is 0 Å². The first-order valence-electron chi connectivity index (χ1n) is 5.72. The van der Waals surface area contributed by atoms with Gasteiger partial charge >= 0.3 is 0 Å². The zero-order chi connectivity index (χ0) is 10.4. The molecular weight excluding hydrogens is 176 g/mol. The summed E-state index contributed by atoms with van der Waals surface area (Å²) in [6.45, 7) is 7.21. The largest absolute Gasteiger partial charge is 0.352 e. The number of carbonyl (C=O) groups excluding carboxylic acids is 1. The highest BCUT2D eigenvalue weighted by Crippen LogP contribution is 2.10. The van der Waals surface area contributed by atoms with Crippen molar-refractivity contribution in [2.24, 2.45) is 0 Å². The van der Waals surface area contributed by atoms with Gasteiger partial charge in [0.05, 0.1) is 0 Å². The summed E-state index contributed by atoms with van der Waals surface area (Å²) in [6, 6.07) is 0.376. The molecule has 0 aromatic heterocycles. The Balaban J connectivity index is 2.38. The molecule has 82 valence electrons. The summed E-state index contributed by atoms with van der Waals surface area (Å²) in [5.74, 6) is 0.105.